The number of methoxy groups -OCH3 is 1. The molecule has 1 aliphatic heterocycles. The molecule has 1 aromatic rings. The number of Topliss-reactive ketones (excluding diaryl/α,β-unsaturated/α-hetero) is 2. The fourth-order valence-corrected chi connectivity index (χ4v) is 2.72. The molecule has 4 heteroatoms. The first-order valence-electron chi connectivity index (χ1n) is 6.57. The number of hydrogen-bond acceptors (Lipinski definition) is 4. The van der Waals surface area contributed by atoms with Crippen LogP contribution < -0.4 is 4.74 Å². The Bertz CT molecular complexity index is 667. The minimum atomic E-state index is -0.540. The Hall–Kier alpha value is -2.10. The van der Waals surface area contributed by atoms with Crippen LogP contribution in [0.1, 0.15) is 41.5 Å². The predicted octanol–water partition coefficient (Wildman–Crippen LogP) is 2.77. The Balaban J connectivity index is 2.18. The summed E-state index contributed by atoms with van der Waals surface area (Å²) in [6.07, 6.45) is 0. The molecule has 1 aliphatic carbocycles. The Morgan fingerprint density at radius 2 is 1.85 bits per heavy atom. The molecule has 0 bridgehead atoms. The van der Waals surface area contributed by atoms with E-state index in [1.807, 2.05) is 20.8 Å². The van der Waals surface area contributed by atoms with Gasteiger partial charge in [-0.3, -0.25) is 9.59 Å². The third kappa shape index (κ3) is 1.54. The number of ether oxygens (including phenoxy) is 2. The molecule has 4 nitrogen and oxygen atoms in total. The molecule has 0 aromatic heterocycles. The highest BCUT2D eigenvalue weighted by molar-refractivity contribution is 6.26. The number of hydrogen-bond donors (Lipinski definition) is 0. The van der Waals surface area contributed by atoms with Crippen molar-refractivity contribution < 1.29 is 19.1 Å². The van der Waals surface area contributed by atoms with Crippen LogP contribution in [0.25, 0.3) is 0 Å². The first-order valence-corrected chi connectivity index (χ1v) is 6.57. The van der Waals surface area contributed by atoms with E-state index in [9.17, 15) is 9.59 Å². The Kier molecular flexibility index (Phi) is 2.55. The van der Waals surface area contributed by atoms with Crippen molar-refractivity contribution in [3.8, 4) is 5.75 Å². The maximum atomic E-state index is 12.7. The van der Waals surface area contributed by atoms with E-state index in [2.05, 4.69) is 0 Å². The summed E-state index contributed by atoms with van der Waals surface area (Å²) in [7, 11) is 1.53. The van der Waals surface area contributed by atoms with Crippen molar-refractivity contribution in [1.82, 2.24) is 0 Å². The van der Waals surface area contributed by atoms with Gasteiger partial charge in [0, 0.05) is 17.0 Å². The second-order valence-electron chi connectivity index (χ2n) is 5.74. The molecule has 0 saturated carbocycles. The van der Waals surface area contributed by atoms with Crippen LogP contribution in [0.3, 0.4) is 0 Å². The van der Waals surface area contributed by atoms with Crippen molar-refractivity contribution in [2.45, 2.75) is 26.4 Å². The number of allylic oxidation sites excluding steroid dienone is 1. The second-order valence-corrected chi connectivity index (χ2v) is 5.74. The summed E-state index contributed by atoms with van der Waals surface area (Å²) in [5.41, 5.74) is 0.740. The fraction of sp³-hybridized carbons (Fsp3) is 0.375. The van der Waals surface area contributed by atoms with Gasteiger partial charge in [0.25, 0.3) is 0 Å². The van der Waals surface area contributed by atoms with Crippen LogP contribution in [0, 0.1) is 5.92 Å². The molecule has 20 heavy (non-hydrogen) atoms. The van der Waals surface area contributed by atoms with Crippen LogP contribution in [0.5, 0.6) is 5.75 Å². The molecule has 0 amide bonds. The third-order valence-corrected chi connectivity index (χ3v) is 4.25. The van der Waals surface area contributed by atoms with Gasteiger partial charge in [-0.2, -0.15) is 0 Å². The highest BCUT2D eigenvalue weighted by atomic mass is 16.5. The molecule has 0 radical (unpaired) electrons. The molecule has 104 valence electrons. The summed E-state index contributed by atoms with van der Waals surface area (Å²) in [5.74, 6) is 0.319. The lowest BCUT2D eigenvalue weighted by Gasteiger charge is -2.24. The molecule has 1 aromatic carbocycles. The van der Waals surface area contributed by atoms with Gasteiger partial charge in [-0.05, 0) is 32.0 Å². The number of rotatable bonds is 1. The molecule has 0 N–H and O–H groups in total. The Morgan fingerprint density at radius 1 is 1.15 bits per heavy atom. The van der Waals surface area contributed by atoms with Crippen molar-refractivity contribution >= 4 is 11.6 Å². The molecule has 0 fully saturated rings. The first-order chi connectivity index (χ1) is 9.36. The summed E-state index contributed by atoms with van der Waals surface area (Å²) >= 11 is 0. The number of carbonyl (C=O) groups is 2. The summed E-state index contributed by atoms with van der Waals surface area (Å²) in [6.45, 7) is 5.70. The van der Waals surface area contributed by atoms with Gasteiger partial charge in [-0.1, -0.05) is 6.92 Å². The number of fused-ring (bicyclic) bond motifs is 1. The molecular formula is C16H16O4. The normalized spacial score (nSPS) is 23.3. The number of ketones is 2. The molecule has 3 rings (SSSR count). The predicted molar refractivity (Wildman–Crippen MR) is 73.0 cm³/mol. The lowest BCUT2D eigenvalue weighted by Crippen LogP contribution is -2.28. The van der Waals surface area contributed by atoms with E-state index in [0.717, 1.165) is 0 Å². The van der Waals surface area contributed by atoms with Crippen molar-refractivity contribution in [2.75, 3.05) is 7.11 Å². The first kappa shape index (κ1) is 12.9. The quantitative estimate of drug-likeness (QED) is 0.788. The van der Waals surface area contributed by atoms with E-state index < -0.39 is 5.60 Å². The zero-order valence-electron chi connectivity index (χ0n) is 11.9. The van der Waals surface area contributed by atoms with E-state index in [1.165, 1.54) is 7.11 Å². The lowest BCUT2D eigenvalue weighted by atomic mass is 9.80. The minimum Gasteiger partial charge on any atom is -0.497 e. The highest BCUT2D eigenvalue weighted by Gasteiger charge is 2.48. The zero-order chi connectivity index (χ0) is 14.7. The molecule has 1 atom stereocenters. The van der Waals surface area contributed by atoms with Gasteiger partial charge < -0.3 is 9.47 Å². The summed E-state index contributed by atoms with van der Waals surface area (Å²) < 4.78 is 10.9. The molecular weight excluding hydrogens is 256 g/mol. The van der Waals surface area contributed by atoms with Gasteiger partial charge in [0.2, 0.25) is 5.78 Å². The van der Waals surface area contributed by atoms with Gasteiger partial charge in [0.05, 0.1) is 12.7 Å². The standard InChI is InChI=1S/C16H16O4/c1-8-12-13(17)11-7-9(19-4)5-6-10(11)14(18)15(12)20-16(8,2)3/h5-8H,1-4H3. The highest BCUT2D eigenvalue weighted by Crippen LogP contribution is 2.44. The third-order valence-electron chi connectivity index (χ3n) is 4.25. The van der Waals surface area contributed by atoms with Crippen molar-refractivity contribution in [3.05, 3.63) is 40.7 Å². The zero-order valence-corrected chi connectivity index (χ0v) is 11.9. The van der Waals surface area contributed by atoms with Crippen molar-refractivity contribution in [3.63, 3.8) is 0 Å². The van der Waals surface area contributed by atoms with Crippen molar-refractivity contribution in [2.24, 2.45) is 5.92 Å². The van der Waals surface area contributed by atoms with Crippen LogP contribution in [-0.2, 0) is 4.74 Å². The van der Waals surface area contributed by atoms with Crippen LogP contribution >= 0.6 is 0 Å². The van der Waals surface area contributed by atoms with Crippen LogP contribution in [-0.4, -0.2) is 24.3 Å². The molecule has 0 saturated heterocycles. The Labute approximate surface area is 117 Å². The maximum absolute atomic E-state index is 12.7. The molecule has 0 spiro atoms. The van der Waals surface area contributed by atoms with Gasteiger partial charge in [0.1, 0.15) is 11.4 Å². The smallest absolute Gasteiger partial charge is 0.228 e. The average Bonchev–Trinajstić information content (AvgIpc) is 2.67. The van der Waals surface area contributed by atoms with Crippen molar-refractivity contribution in [1.29, 1.82) is 0 Å². The van der Waals surface area contributed by atoms with E-state index in [1.54, 1.807) is 18.2 Å². The Morgan fingerprint density at radius 3 is 2.50 bits per heavy atom. The maximum Gasteiger partial charge on any atom is 0.228 e. The monoisotopic (exact) mass is 272 g/mol. The van der Waals surface area contributed by atoms with E-state index in [0.29, 0.717) is 22.4 Å². The van der Waals surface area contributed by atoms with Crippen LogP contribution in [0.4, 0.5) is 0 Å². The minimum absolute atomic E-state index is 0.117. The van der Waals surface area contributed by atoms with Gasteiger partial charge in [-0.15, -0.1) is 0 Å². The van der Waals surface area contributed by atoms with Gasteiger partial charge in [-0.25, -0.2) is 0 Å². The molecule has 1 unspecified atom stereocenters. The summed E-state index contributed by atoms with van der Waals surface area (Å²) in [6, 6.07) is 4.92. The second kappa shape index (κ2) is 3.95. The topological polar surface area (TPSA) is 52.6 Å². The summed E-state index contributed by atoms with van der Waals surface area (Å²) in [4.78, 5) is 25.2. The number of carbonyl (C=O) groups excluding carboxylic acids is 2. The largest absolute Gasteiger partial charge is 0.497 e. The van der Waals surface area contributed by atoms with Gasteiger partial charge >= 0.3 is 0 Å². The molecule has 1 heterocycles. The average molecular weight is 272 g/mol. The number of benzene rings is 1. The van der Waals surface area contributed by atoms with E-state index in [-0.39, 0.29) is 23.2 Å². The van der Waals surface area contributed by atoms with Gasteiger partial charge in [0.15, 0.2) is 11.5 Å². The van der Waals surface area contributed by atoms with Crippen LogP contribution in [0.2, 0.25) is 0 Å². The van der Waals surface area contributed by atoms with Crippen LogP contribution in [0.15, 0.2) is 29.5 Å². The van der Waals surface area contributed by atoms with E-state index >= 15 is 0 Å². The van der Waals surface area contributed by atoms with E-state index in [4.69, 9.17) is 9.47 Å². The SMILES string of the molecule is COc1ccc2c(c1)C(=O)C1=C(OC(C)(C)C1C)C2=O. The molecule has 2 aliphatic rings. The lowest BCUT2D eigenvalue weighted by molar-refractivity contribution is 0.0290. The summed E-state index contributed by atoms with van der Waals surface area (Å²) in [5, 5.41) is 0. The fourth-order valence-electron chi connectivity index (χ4n) is 2.72.